The predicted octanol–water partition coefficient (Wildman–Crippen LogP) is 4.20. The first-order valence-electron chi connectivity index (χ1n) is 14.8. The molecule has 5 nitrogen and oxygen atoms in total. The molecule has 4 aromatic carbocycles. The summed E-state index contributed by atoms with van der Waals surface area (Å²) in [5.74, 6) is 0. The van der Waals surface area contributed by atoms with E-state index in [0.29, 0.717) is 13.2 Å². The van der Waals surface area contributed by atoms with Gasteiger partial charge in [0, 0.05) is 12.4 Å². The van der Waals surface area contributed by atoms with Crippen molar-refractivity contribution < 1.29 is 14.4 Å². The van der Waals surface area contributed by atoms with Crippen molar-refractivity contribution in [1.29, 1.82) is 0 Å². The molecule has 7 heteroatoms. The van der Waals surface area contributed by atoms with Gasteiger partial charge in [0.25, 0.3) is 0 Å². The zero-order chi connectivity index (χ0) is 30.0. The van der Waals surface area contributed by atoms with E-state index < -0.39 is 6.10 Å². The van der Waals surface area contributed by atoms with Gasteiger partial charge in [-0.2, -0.15) is 0 Å². The third-order valence-corrected chi connectivity index (χ3v) is 7.56. The number of benzene rings is 4. The van der Waals surface area contributed by atoms with Gasteiger partial charge in [-0.25, -0.2) is 0 Å². The average Bonchev–Trinajstić information content (AvgIpc) is 3.10. The molecule has 0 aliphatic heterocycles. The van der Waals surface area contributed by atoms with Crippen LogP contribution in [0.15, 0.2) is 158 Å². The summed E-state index contributed by atoms with van der Waals surface area (Å²) in [7, 11) is 0. The summed E-state index contributed by atoms with van der Waals surface area (Å²) in [5.41, 5.74) is 7.51. The molecule has 0 spiro atoms. The summed E-state index contributed by atoms with van der Waals surface area (Å²) in [6.45, 7) is 0.272. The molecule has 0 radical (unpaired) electrons. The highest BCUT2D eigenvalue weighted by molar-refractivity contribution is 6.80. The van der Waals surface area contributed by atoms with Crippen molar-refractivity contribution in [3.63, 3.8) is 0 Å². The summed E-state index contributed by atoms with van der Waals surface area (Å²) in [5, 5.41) is 11.3. The van der Waals surface area contributed by atoms with Gasteiger partial charge in [-0.05, 0) is 57.2 Å². The minimum absolute atomic E-state index is 0.260. The maximum Gasteiger partial charge on any atom is 0.361 e. The van der Waals surface area contributed by atoms with Gasteiger partial charge in [-0.3, -0.25) is 9.97 Å². The van der Waals surface area contributed by atoms with E-state index in [1.807, 2.05) is 121 Å². The Morgan fingerprint density at radius 2 is 0.818 bits per heavy atom. The second kappa shape index (κ2) is 14.6. The Morgan fingerprint density at radius 1 is 0.455 bits per heavy atom. The highest BCUT2D eigenvalue weighted by atomic mass is 16.4. The number of pyridine rings is 2. The van der Waals surface area contributed by atoms with Gasteiger partial charge in [0.1, 0.15) is 6.10 Å². The quantitative estimate of drug-likeness (QED) is 0.222. The molecule has 2 aromatic heterocycles. The first kappa shape index (κ1) is 29.3. The van der Waals surface area contributed by atoms with Gasteiger partial charge in [0.05, 0.1) is 24.6 Å². The molecular weight excluding hydrogens is 542 g/mol. The topological polar surface area (TPSA) is 64.5 Å². The highest BCUT2D eigenvalue weighted by Gasteiger charge is 2.24. The third-order valence-electron chi connectivity index (χ3n) is 7.56. The summed E-state index contributed by atoms with van der Waals surface area (Å²) in [6, 6.07) is 47.9. The Balaban J connectivity index is 1.18. The van der Waals surface area contributed by atoms with E-state index in [1.165, 1.54) is 0 Å². The molecule has 0 saturated carbocycles. The normalized spacial score (nSPS) is 11.0. The minimum atomic E-state index is -0.771. The van der Waals surface area contributed by atoms with Gasteiger partial charge in [-0.1, -0.05) is 121 Å². The smallest absolute Gasteiger partial charge is 0.361 e. The molecule has 0 saturated heterocycles. The van der Waals surface area contributed by atoms with E-state index in [2.05, 4.69) is 34.2 Å². The molecular formula is C37H32B2N2O3. The number of aliphatic hydroxyl groups is 1. The lowest BCUT2D eigenvalue weighted by Gasteiger charge is -2.18. The zero-order valence-corrected chi connectivity index (χ0v) is 24.3. The monoisotopic (exact) mass is 574 g/mol. The van der Waals surface area contributed by atoms with Crippen LogP contribution in [0, 0.1) is 0 Å². The summed E-state index contributed by atoms with van der Waals surface area (Å²) in [4.78, 5) is 8.80. The molecule has 6 aromatic rings. The van der Waals surface area contributed by atoms with E-state index in [-0.39, 0.29) is 13.8 Å². The fourth-order valence-electron chi connectivity index (χ4n) is 5.23. The fourth-order valence-corrected chi connectivity index (χ4v) is 5.23. The van der Waals surface area contributed by atoms with Gasteiger partial charge in [0.2, 0.25) is 0 Å². The Morgan fingerprint density at radius 3 is 1.18 bits per heavy atom. The molecule has 0 bridgehead atoms. The standard InChI is InChI=1S/C37H32B2N2O3/c42-37(29-17-21-33(22-18-29)38(31-11-3-1-4-12-31)43-27-35-15-7-9-25-40-35)30-19-23-34(24-20-30)39(32-13-5-2-6-14-32)44-28-36-16-8-10-26-41-36/h1-26,37,42H,27-28H2. The van der Waals surface area contributed by atoms with Crippen LogP contribution in [0.4, 0.5) is 0 Å². The number of rotatable bonds is 12. The molecule has 0 atom stereocenters. The van der Waals surface area contributed by atoms with E-state index in [4.69, 9.17) is 9.31 Å². The maximum atomic E-state index is 11.3. The van der Waals surface area contributed by atoms with Crippen molar-refractivity contribution in [3.8, 4) is 0 Å². The number of hydrogen-bond acceptors (Lipinski definition) is 5. The van der Waals surface area contributed by atoms with Gasteiger partial charge >= 0.3 is 13.8 Å². The van der Waals surface area contributed by atoms with Gasteiger partial charge in [0.15, 0.2) is 0 Å². The van der Waals surface area contributed by atoms with Crippen LogP contribution >= 0.6 is 0 Å². The van der Waals surface area contributed by atoms with Crippen molar-refractivity contribution in [2.75, 3.05) is 0 Å². The van der Waals surface area contributed by atoms with E-state index in [9.17, 15) is 5.11 Å². The van der Waals surface area contributed by atoms with Gasteiger partial charge < -0.3 is 14.4 Å². The van der Waals surface area contributed by atoms with Crippen molar-refractivity contribution in [1.82, 2.24) is 9.97 Å². The second-order valence-electron chi connectivity index (χ2n) is 10.6. The number of aromatic nitrogens is 2. The van der Waals surface area contributed by atoms with Gasteiger partial charge in [-0.15, -0.1) is 0 Å². The Bertz CT molecular complexity index is 1580. The third kappa shape index (κ3) is 7.39. The molecule has 214 valence electrons. The Kier molecular flexibility index (Phi) is 9.70. The van der Waals surface area contributed by atoms with Crippen LogP contribution in [0.1, 0.15) is 28.6 Å². The molecule has 0 aliphatic rings. The fraction of sp³-hybridized carbons (Fsp3) is 0.0811. The first-order chi connectivity index (χ1) is 21.7. The van der Waals surface area contributed by atoms with Crippen molar-refractivity contribution in [3.05, 3.63) is 181 Å². The Labute approximate surface area is 259 Å². The predicted molar refractivity (Wildman–Crippen MR) is 178 cm³/mol. The summed E-state index contributed by atoms with van der Waals surface area (Å²) in [6.07, 6.45) is 2.78. The molecule has 0 aliphatic carbocycles. The molecule has 6 rings (SSSR count). The molecule has 2 heterocycles. The molecule has 0 amide bonds. The van der Waals surface area contributed by atoms with Crippen molar-refractivity contribution in [2.24, 2.45) is 0 Å². The summed E-state index contributed by atoms with van der Waals surface area (Å²) >= 11 is 0. The van der Waals surface area contributed by atoms with Crippen LogP contribution in [-0.4, -0.2) is 28.9 Å². The molecule has 0 unspecified atom stereocenters. The highest BCUT2D eigenvalue weighted by Crippen LogP contribution is 2.21. The lowest BCUT2D eigenvalue weighted by atomic mass is 9.55. The van der Waals surface area contributed by atoms with E-state index in [0.717, 1.165) is 44.4 Å². The second-order valence-corrected chi connectivity index (χ2v) is 10.6. The lowest BCUT2D eigenvalue weighted by Crippen LogP contribution is -2.45. The number of aliphatic hydroxyl groups excluding tert-OH is 1. The van der Waals surface area contributed by atoms with Crippen LogP contribution in [0.3, 0.4) is 0 Å². The van der Waals surface area contributed by atoms with E-state index in [1.54, 1.807) is 12.4 Å². The Hall–Kier alpha value is -4.81. The number of hydrogen-bond donors (Lipinski definition) is 1. The summed E-state index contributed by atoms with van der Waals surface area (Å²) < 4.78 is 12.7. The van der Waals surface area contributed by atoms with Crippen LogP contribution in [-0.2, 0) is 22.5 Å². The molecule has 1 N–H and O–H groups in total. The zero-order valence-electron chi connectivity index (χ0n) is 24.3. The van der Waals surface area contributed by atoms with Crippen LogP contribution < -0.4 is 21.9 Å². The largest absolute Gasteiger partial charge is 0.421 e. The SMILES string of the molecule is OC(c1ccc(B(OCc2ccccn2)c2ccccc2)cc1)c1ccc(B(OCc2ccccn2)c2ccccc2)cc1. The van der Waals surface area contributed by atoms with Crippen LogP contribution in [0.5, 0.6) is 0 Å². The van der Waals surface area contributed by atoms with Crippen molar-refractivity contribution in [2.45, 2.75) is 19.3 Å². The lowest BCUT2D eigenvalue weighted by molar-refractivity contribution is 0.220. The molecule has 0 fully saturated rings. The van der Waals surface area contributed by atoms with E-state index >= 15 is 0 Å². The molecule has 44 heavy (non-hydrogen) atoms. The van der Waals surface area contributed by atoms with Crippen molar-refractivity contribution >= 4 is 35.7 Å². The minimum Gasteiger partial charge on any atom is -0.421 e. The number of nitrogens with zero attached hydrogens (tertiary/aromatic N) is 2. The van der Waals surface area contributed by atoms with Crippen LogP contribution in [0.2, 0.25) is 0 Å². The first-order valence-corrected chi connectivity index (χ1v) is 14.8. The average molecular weight is 574 g/mol. The van der Waals surface area contributed by atoms with Crippen LogP contribution in [0.25, 0.3) is 0 Å². The maximum absolute atomic E-state index is 11.3.